The molecule has 1 aromatic carbocycles. The zero-order chi connectivity index (χ0) is 10.8. The van der Waals surface area contributed by atoms with Crippen molar-refractivity contribution >= 4 is 29.1 Å². The van der Waals surface area contributed by atoms with E-state index in [0.717, 1.165) is 22.0 Å². The second kappa shape index (κ2) is 4.45. The van der Waals surface area contributed by atoms with Gasteiger partial charge in [-0.05, 0) is 23.8 Å². The second-order valence-corrected chi connectivity index (χ2v) is 6.46. The molecule has 0 atom stereocenters. The van der Waals surface area contributed by atoms with Crippen molar-refractivity contribution in [2.45, 2.75) is 31.3 Å². The number of nitrogens with two attached hydrogens (primary N) is 1. The number of thioether (sulfide) groups is 1. The van der Waals surface area contributed by atoms with Gasteiger partial charge in [0.25, 0.3) is 0 Å². The minimum atomic E-state index is 0.258. The summed E-state index contributed by atoms with van der Waals surface area (Å²) in [6.45, 7) is 6.58. The molecule has 0 radical (unpaired) electrons. The van der Waals surface area contributed by atoms with Gasteiger partial charge in [0.2, 0.25) is 0 Å². The molecule has 1 nitrogen and oxygen atoms in total. The highest BCUT2D eigenvalue weighted by atomic mass is 35.5. The van der Waals surface area contributed by atoms with Crippen LogP contribution in [0.5, 0.6) is 0 Å². The Balaban J connectivity index is 2.72. The monoisotopic (exact) mass is 229 g/mol. The largest absolute Gasteiger partial charge is 0.399 e. The Morgan fingerprint density at radius 2 is 2.00 bits per heavy atom. The first-order valence-corrected chi connectivity index (χ1v) is 5.93. The first-order chi connectivity index (χ1) is 6.38. The van der Waals surface area contributed by atoms with Crippen LogP contribution in [0.15, 0.2) is 18.2 Å². The highest BCUT2D eigenvalue weighted by Crippen LogP contribution is 2.30. The van der Waals surface area contributed by atoms with Gasteiger partial charge in [0.15, 0.2) is 0 Å². The number of hydrogen-bond acceptors (Lipinski definition) is 2. The van der Waals surface area contributed by atoms with Crippen LogP contribution in [-0.2, 0) is 5.75 Å². The fourth-order valence-corrected chi connectivity index (χ4v) is 2.09. The minimum Gasteiger partial charge on any atom is -0.399 e. The van der Waals surface area contributed by atoms with Crippen molar-refractivity contribution in [3.63, 3.8) is 0 Å². The van der Waals surface area contributed by atoms with Gasteiger partial charge in [-0.3, -0.25) is 0 Å². The fraction of sp³-hybridized carbons (Fsp3) is 0.455. The SMILES string of the molecule is CC(C)(C)SCc1cc(N)ccc1Cl. The molecule has 0 aromatic heterocycles. The normalized spacial score (nSPS) is 11.7. The van der Waals surface area contributed by atoms with Crippen molar-refractivity contribution < 1.29 is 0 Å². The van der Waals surface area contributed by atoms with E-state index in [1.807, 2.05) is 30.0 Å². The second-order valence-electron chi connectivity index (χ2n) is 4.25. The molecule has 14 heavy (non-hydrogen) atoms. The first-order valence-electron chi connectivity index (χ1n) is 4.56. The van der Waals surface area contributed by atoms with Gasteiger partial charge in [-0.15, -0.1) is 0 Å². The summed E-state index contributed by atoms with van der Waals surface area (Å²) in [5.74, 6) is 0.910. The molecule has 0 aliphatic heterocycles. The highest BCUT2D eigenvalue weighted by molar-refractivity contribution is 7.99. The highest BCUT2D eigenvalue weighted by Gasteiger charge is 2.11. The zero-order valence-corrected chi connectivity index (χ0v) is 10.4. The summed E-state index contributed by atoms with van der Waals surface area (Å²) in [6.07, 6.45) is 0. The third-order valence-corrected chi connectivity index (χ3v) is 3.42. The minimum absolute atomic E-state index is 0.258. The number of anilines is 1. The molecule has 0 aliphatic rings. The number of halogens is 1. The van der Waals surface area contributed by atoms with E-state index >= 15 is 0 Å². The first kappa shape index (κ1) is 11.7. The van der Waals surface area contributed by atoms with E-state index in [1.165, 1.54) is 0 Å². The Hall–Kier alpha value is -0.340. The number of benzene rings is 1. The predicted octanol–water partition coefficient (Wildman–Crippen LogP) is 3.95. The lowest BCUT2D eigenvalue weighted by atomic mass is 10.2. The molecule has 0 unspecified atom stereocenters. The van der Waals surface area contributed by atoms with Gasteiger partial charge >= 0.3 is 0 Å². The molecule has 0 spiro atoms. The Bertz CT molecular complexity index is 318. The van der Waals surface area contributed by atoms with Crippen LogP contribution in [0, 0.1) is 0 Å². The van der Waals surface area contributed by atoms with Gasteiger partial charge in [0.05, 0.1) is 0 Å². The maximum absolute atomic E-state index is 6.06. The lowest BCUT2D eigenvalue weighted by molar-refractivity contribution is 0.802. The summed E-state index contributed by atoms with van der Waals surface area (Å²) in [4.78, 5) is 0. The molecule has 0 aliphatic carbocycles. The van der Waals surface area contributed by atoms with Crippen LogP contribution in [0.25, 0.3) is 0 Å². The van der Waals surface area contributed by atoms with Crippen LogP contribution in [0.1, 0.15) is 26.3 Å². The van der Waals surface area contributed by atoms with Crippen molar-refractivity contribution in [1.29, 1.82) is 0 Å². The molecule has 0 bridgehead atoms. The molecular weight excluding hydrogens is 214 g/mol. The summed E-state index contributed by atoms with van der Waals surface area (Å²) in [5, 5.41) is 0.802. The van der Waals surface area contributed by atoms with Crippen molar-refractivity contribution in [2.24, 2.45) is 0 Å². The third kappa shape index (κ3) is 3.81. The van der Waals surface area contributed by atoms with Gasteiger partial charge in [-0.25, -0.2) is 0 Å². The zero-order valence-electron chi connectivity index (χ0n) is 8.80. The van der Waals surface area contributed by atoms with Crippen LogP contribution in [0.4, 0.5) is 5.69 Å². The smallest absolute Gasteiger partial charge is 0.0447 e. The molecule has 0 heterocycles. The van der Waals surface area contributed by atoms with Gasteiger partial charge in [0, 0.05) is 21.2 Å². The number of rotatable bonds is 2. The summed E-state index contributed by atoms with van der Waals surface area (Å²) >= 11 is 7.93. The molecule has 78 valence electrons. The van der Waals surface area contributed by atoms with E-state index in [9.17, 15) is 0 Å². The fourth-order valence-electron chi connectivity index (χ4n) is 1.000. The standard InChI is InChI=1S/C11H16ClNS/c1-11(2,3)14-7-8-6-9(13)4-5-10(8)12/h4-6H,7,13H2,1-3H3. The van der Waals surface area contributed by atoms with Gasteiger partial charge in [-0.1, -0.05) is 32.4 Å². The summed E-state index contributed by atoms with van der Waals surface area (Å²) in [7, 11) is 0. The Kier molecular flexibility index (Phi) is 3.73. The molecule has 0 fully saturated rings. The predicted molar refractivity (Wildman–Crippen MR) is 66.9 cm³/mol. The van der Waals surface area contributed by atoms with Gasteiger partial charge in [0.1, 0.15) is 0 Å². The Labute approximate surface area is 95.0 Å². The molecule has 0 amide bonds. The quantitative estimate of drug-likeness (QED) is 0.778. The van der Waals surface area contributed by atoms with E-state index in [0.29, 0.717) is 0 Å². The van der Waals surface area contributed by atoms with E-state index in [4.69, 9.17) is 17.3 Å². The molecule has 0 saturated heterocycles. The molecule has 0 saturated carbocycles. The number of nitrogen functional groups attached to an aromatic ring is 1. The molecule has 1 aromatic rings. The van der Waals surface area contributed by atoms with Crippen LogP contribution < -0.4 is 5.73 Å². The average Bonchev–Trinajstić information content (AvgIpc) is 2.05. The maximum atomic E-state index is 6.06. The lowest BCUT2D eigenvalue weighted by Crippen LogP contribution is -2.07. The molecule has 3 heteroatoms. The molecular formula is C11H16ClNS. The van der Waals surface area contributed by atoms with Crippen LogP contribution in [0.3, 0.4) is 0 Å². The van der Waals surface area contributed by atoms with E-state index in [2.05, 4.69) is 20.8 Å². The van der Waals surface area contributed by atoms with Crippen molar-refractivity contribution in [3.8, 4) is 0 Å². The van der Waals surface area contributed by atoms with Crippen molar-refractivity contribution in [2.75, 3.05) is 5.73 Å². The van der Waals surface area contributed by atoms with E-state index < -0.39 is 0 Å². The number of hydrogen-bond donors (Lipinski definition) is 1. The Morgan fingerprint density at radius 3 is 2.57 bits per heavy atom. The molecule has 2 N–H and O–H groups in total. The van der Waals surface area contributed by atoms with Crippen LogP contribution in [-0.4, -0.2) is 4.75 Å². The van der Waals surface area contributed by atoms with Crippen LogP contribution in [0.2, 0.25) is 5.02 Å². The van der Waals surface area contributed by atoms with Crippen molar-refractivity contribution in [3.05, 3.63) is 28.8 Å². The summed E-state index contributed by atoms with van der Waals surface area (Å²) in [5.41, 5.74) is 7.59. The van der Waals surface area contributed by atoms with Crippen LogP contribution >= 0.6 is 23.4 Å². The summed E-state index contributed by atoms with van der Waals surface area (Å²) < 4.78 is 0.258. The van der Waals surface area contributed by atoms with E-state index in [-0.39, 0.29) is 4.75 Å². The summed E-state index contributed by atoms with van der Waals surface area (Å²) in [6, 6.07) is 5.63. The van der Waals surface area contributed by atoms with Gasteiger partial charge in [-0.2, -0.15) is 11.8 Å². The molecule has 1 rings (SSSR count). The van der Waals surface area contributed by atoms with Gasteiger partial charge < -0.3 is 5.73 Å². The third-order valence-electron chi connectivity index (χ3n) is 1.73. The topological polar surface area (TPSA) is 26.0 Å². The average molecular weight is 230 g/mol. The Morgan fingerprint density at radius 1 is 1.36 bits per heavy atom. The lowest BCUT2D eigenvalue weighted by Gasteiger charge is -2.18. The maximum Gasteiger partial charge on any atom is 0.0447 e. The van der Waals surface area contributed by atoms with E-state index in [1.54, 1.807) is 0 Å². The van der Waals surface area contributed by atoms with Crippen molar-refractivity contribution in [1.82, 2.24) is 0 Å².